The van der Waals surface area contributed by atoms with E-state index in [1.807, 2.05) is 31.5 Å². The topological polar surface area (TPSA) is 18.5 Å². The Kier molecular flexibility index (Phi) is 8.99. The number of nitrogens with zero attached hydrogens (tertiary/aromatic N) is 2. The van der Waals surface area contributed by atoms with Crippen molar-refractivity contribution in [2.24, 2.45) is 5.92 Å². The molecule has 0 saturated carbocycles. The second-order valence-corrected chi connectivity index (χ2v) is 7.44. The summed E-state index contributed by atoms with van der Waals surface area (Å²) >= 11 is 0. The van der Waals surface area contributed by atoms with Crippen LogP contribution in [0, 0.1) is 12.8 Å². The SMILES string of the molecule is C=Cc1ccc(N(C=C)c2ccccc2C)cc1.CNCC1CCN(C)CC1. The van der Waals surface area contributed by atoms with Crippen LogP contribution in [0.1, 0.15) is 24.0 Å². The molecule has 3 heteroatoms. The molecule has 0 spiro atoms. The standard InChI is InChI=1S/C17H17N.C8H18N2/c1-4-15-10-12-16(13-11-15)18(5-2)17-9-7-6-8-14(17)3;1-9-7-8-3-5-10(2)6-4-8/h4-13H,1-2H2,3H3;8-9H,3-7H2,1-2H3. The van der Waals surface area contributed by atoms with Gasteiger partial charge in [0.1, 0.15) is 0 Å². The summed E-state index contributed by atoms with van der Waals surface area (Å²) in [6.07, 6.45) is 6.43. The first-order chi connectivity index (χ1) is 13.6. The maximum absolute atomic E-state index is 3.90. The van der Waals surface area contributed by atoms with Gasteiger partial charge in [-0.3, -0.25) is 0 Å². The Morgan fingerprint density at radius 3 is 2.25 bits per heavy atom. The first-order valence-corrected chi connectivity index (χ1v) is 10.1. The van der Waals surface area contributed by atoms with Gasteiger partial charge >= 0.3 is 0 Å². The Hall–Kier alpha value is -2.36. The van der Waals surface area contributed by atoms with Crippen LogP contribution in [0.25, 0.3) is 6.08 Å². The normalized spacial score (nSPS) is 14.7. The van der Waals surface area contributed by atoms with E-state index in [0.29, 0.717) is 0 Å². The summed E-state index contributed by atoms with van der Waals surface area (Å²) in [5, 5.41) is 3.23. The molecule has 1 heterocycles. The summed E-state index contributed by atoms with van der Waals surface area (Å²) in [6, 6.07) is 16.5. The second-order valence-electron chi connectivity index (χ2n) is 7.44. The first kappa shape index (κ1) is 21.9. The molecule has 3 nitrogen and oxygen atoms in total. The van der Waals surface area contributed by atoms with Crippen molar-refractivity contribution < 1.29 is 0 Å². The summed E-state index contributed by atoms with van der Waals surface area (Å²) < 4.78 is 0. The van der Waals surface area contributed by atoms with E-state index in [1.165, 1.54) is 38.0 Å². The number of nitrogens with one attached hydrogen (secondary N) is 1. The lowest BCUT2D eigenvalue weighted by Crippen LogP contribution is -2.34. The fraction of sp³-hybridized carbons (Fsp3) is 0.360. The molecule has 0 radical (unpaired) electrons. The summed E-state index contributed by atoms with van der Waals surface area (Å²) in [5.74, 6) is 0.932. The van der Waals surface area contributed by atoms with Crippen LogP contribution in [0.15, 0.2) is 67.9 Å². The molecule has 0 atom stereocenters. The van der Waals surface area contributed by atoms with Gasteiger partial charge in [-0.15, -0.1) is 0 Å². The van der Waals surface area contributed by atoms with Crippen molar-refractivity contribution in [3.63, 3.8) is 0 Å². The predicted octanol–water partition coefficient (Wildman–Crippen LogP) is 5.47. The Morgan fingerprint density at radius 2 is 1.71 bits per heavy atom. The first-order valence-electron chi connectivity index (χ1n) is 10.1. The minimum Gasteiger partial charge on any atom is -0.319 e. The van der Waals surface area contributed by atoms with E-state index in [0.717, 1.165) is 22.9 Å². The number of para-hydroxylation sites is 1. The molecule has 1 saturated heterocycles. The number of benzene rings is 2. The highest BCUT2D eigenvalue weighted by atomic mass is 15.1. The van der Waals surface area contributed by atoms with E-state index < -0.39 is 0 Å². The average Bonchev–Trinajstić information content (AvgIpc) is 2.73. The second kappa shape index (κ2) is 11.5. The molecule has 2 aromatic carbocycles. The van der Waals surface area contributed by atoms with Gasteiger partial charge in [-0.1, -0.05) is 49.6 Å². The van der Waals surface area contributed by atoms with E-state index >= 15 is 0 Å². The van der Waals surface area contributed by atoms with E-state index in [9.17, 15) is 0 Å². The predicted molar refractivity (Wildman–Crippen MR) is 124 cm³/mol. The smallest absolute Gasteiger partial charge is 0.0484 e. The van der Waals surface area contributed by atoms with Crippen LogP contribution in [0.5, 0.6) is 0 Å². The molecule has 1 N–H and O–H groups in total. The minimum atomic E-state index is 0.932. The summed E-state index contributed by atoms with van der Waals surface area (Å²) in [7, 11) is 4.24. The van der Waals surface area contributed by atoms with Crippen LogP contribution in [-0.2, 0) is 0 Å². The molecular formula is C25H35N3. The fourth-order valence-electron chi connectivity index (χ4n) is 3.50. The summed E-state index contributed by atoms with van der Waals surface area (Å²) in [5.41, 5.74) is 4.60. The van der Waals surface area contributed by atoms with Gasteiger partial charge < -0.3 is 15.1 Å². The monoisotopic (exact) mass is 377 g/mol. The molecule has 2 aromatic rings. The molecular weight excluding hydrogens is 342 g/mol. The molecule has 1 aliphatic rings. The number of likely N-dealkylation sites (tertiary alicyclic amines) is 1. The van der Waals surface area contributed by atoms with E-state index in [1.54, 1.807) is 0 Å². The Balaban J connectivity index is 0.000000237. The van der Waals surface area contributed by atoms with Gasteiger partial charge in [0.05, 0.1) is 0 Å². The van der Waals surface area contributed by atoms with Crippen molar-refractivity contribution in [2.45, 2.75) is 19.8 Å². The van der Waals surface area contributed by atoms with Gasteiger partial charge in [0.2, 0.25) is 0 Å². The maximum atomic E-state index is 3.90. The summed E-state index contributed by atoms with van der Waals surface area (Å²) in [4.78, 5) is 4.49. The lowest BCUT2D eigenvalue weighted by atomic mass is 9.97. The van der Waals surface area contributed by atoms with Crippen molar-refractivity contribution >= 4 is 17.5 Å². The van der Waals surface area contributed by atoms with Crippen LogP contribution in [0.4, 0.5) is 11.4 Å². The average molecular weight is 378 g/mol. The van der Waals surface area contributed by atoms with Crippen molar-refractivity contribution in [1.29, 1.82) is 0 Å². The van der Waals surface area contributed by atoms with Gasteiger partial charge in [0.15, 0.2) is 0 Å². The highest BCUT2D eigenvalue weighted by Gasteiger charge is 2.14. The third-order valence-corrected chi connectivity index (χ3v) is 5.30. The molecule has 0 aliphatic carbocycles. The molecule has 3 rings (SSSR count). The van der Waals surface area contributed by atoms with Gasteiger partial charge in [-0.25, -0.2) is 0 Å². The van der Waals surface area contributed by atoms with Crippen molar-refractivity contribution in [3.05, 3.63) is 79.0 Å². The van der Waals surface area contributed by atoms with Crippen LogP contribution in [0.3, 0.4) is 0 Å². The fourth-order valence-corrected chi connectivity index (χ4v) is 3.50. The lowest BCUT2D eigenvalue weighted by molar-refractivity contribution is 0.218. The number of hydrogen-bond donors (Lipinski definition) is 1. The highest BCUT2D eigenvalue weighted by Crippen LogP contribution is 2.28. The van der Waals surface area contributed by atoms with E-state index in [-0.39, 0.29) is 0 Å². The molecule has 28 heavy (non-hydrogen) atoms. The zero-order chi connectivity index (χ0) is 20.4. The van der Waals surface area contributed by atoms with Crippen LogP contribution in [-0.4, -0.2) is 38.6 Å². The number of anilines is 2. The molecule has 0 unspecified atom stereocenters. The van der Waals surface area contributed by atoms with E-state index in [4.69, 9.17) is 0 Å². The number of aryl methyl sites for hydroxylation is 1. The molecule has 1 fully saturated rings. The quantitative estimate of drug-likeness (QED) is 0.720. The lowest BCUT2D eigenvalue weighted by Gasteiger charge is -2.28. The zero-order valence-corrected chi connectivity index (χ0v) is 17.7. The third-order valence-electron chi connectivity index (χ3n) is 5.30. The van der Waals surface area contributed by atoms with Gasteiger partial charge in [-0.05, 0) is 88.7 Å². The Morgan fingerprint density at radius 1 is 1.07 bits per heavy atom. The van der Waals surface area contributed by atoms with Crippen molar-refractivity contribution in [3.8, 4) is 0 Å². The Bertz CT molecular complexity index is 728. The maximum Gasteiger partial charge on any atom is 0.0484 e. The van der Waals surface area contributed by atoms with Crippen LogP contribution in [0.2, 0.25) is 0 Å². The van der Waals surface area contributed by atoms with Gasteiger partial charge in [0, 0.05) is 17.6 Å². The zero-order valence-electron chi connectivity index (χ0n) is 17.7. The number of piperidine rings is 1. The Labute approximate surface area is 171 Å². The minimum absolute atomic E-state index is 0.932. The number of rotatable bonds is 6. The molecule has 0 bridgehead atoms. The largest absolute Gasteiger partial charge is 0.319 e. The van der Waals surface area contributed by atoms with Gasteiger partial charge in [0.25, 0.3) is 0 Å². The van der Waals surface area contributed by atoms with Gasteiger partial charge in [-0.2, -0.15) is 0 Å². The molecule has 1 aliphatic heterocycles. The molecule has 0 aromatic heterocycles. The molecule has 0 amide bonds. The van der Waals surface area contributed by atoms with Crippen LogP contribution < -0.4 is 10.2 Å². The summed E-state index contributed by atoms with van der Waals surface area (Å²) in [6.45, 7) is 13.5. The van der Waals surface area contributed by atoms with Crippen LogP contribution >= 0.6 is 0 Å². The number of hydrogen-bond acceptors (Lipinski definition) is 3. The van der Waals surface area contributed by atoms with E-state index in [2.05, 4.69) is 78.6 Å². The van der Waals surface area contributed by atoms with Crippen molar-refractivity contribution in [1.82, 2.24) is 10.2 Å². The molecule has 150 valence electrons. The highest BCUT2D eigenvalue weighted by molar-refractivity contribution is 5.69. The third kappa shape index (κ3) is 6.36. The van der Waals surface area contributed by atoms with Crippen molar-refractivity contribution in [2.75, 3.05) is 38.6 Å².